The molecule has 1 saturated carbocycles. The Morgan fingerprint density at radius 3 is 2.56 bits per heavy atom. The van der Waals surface area contributed by atoms with Crippen molar-refractivity contribution in [1.82, 2.24) is 15.5 Å². The van der Waals surface area contributed by atoms with Crippen molar-refractivity contribution in [3.05, 3.63) is 0 Å². The Labute approximate surface area is 107 Å². The molecule has 1 aliphatic heterocycles. The number of hydrogen-bond acceptors (Lipinski definition) is 4. The summed E-state index contributed by atoms with van der Waals surface area (Å²) in [6.45, 7) is 1.39. The quantitative estimate of drug-likeness (QED) is 0.653. The van der Waals surface area contributed by atoms with Gasteiger partial charge < -0.3 is 10.4 Å². The molecule has 3 N–H and O–H groups in total. The van der Waals surface area contributed by atoms with Gasteiger partial charge in [-0.15, -0.1) is 0 Å². The van der Waals surface area contributed by atoms with Crippen molar-refractivity contribution in [2.75, 3.05) is 19.6 Å². The van der Waals surface area contributed by atoms with Crippen LogP contribution in [0.15, 0.2) is 0 Å². The molecule has 102 valence electrons. The lowest BCUT2D eigenvalue weighted by molar-refractivity contribution is -0.121. The van der Waals surface area contributed by atoms with E-state index >= 15 is 0 Å². The minimum absolute atomic E-state index is 0.176. The molecule has 2 rings (SSSR count). The van der Waals surface area contributed by atoms with Crippen molar-refractivity contribution in [3.8, 4) is 0 Å². The van der Waals surface area contributed by atoms with E-state index in [2.05, 4.69) is 10.6 Å². The van der Waals surface area contributed by atoms with Gasteiger partial charge in [0.15, 0.2) is 0 Å². The SMILES string of the molecule is O=C(CN1CCC(O)C1)NC(=O)NC1CCCC1. The molecule has 0 aromatic rings. The van der Waals surface area contributed by atoms with Crippen LogP contribution in [0.5, 0.6) is 0 Å². The summed E-state index contributed by atoms with van der Waals surface area (Å²) in [6, 6.07) is -0.182. The second kappa shape index (κ2) is 6.15. The third kappa shape index (κ3) is 3.96. The first-order valence-corrected chi connectivity index (χ1v) is 6.64. The molecule has 0 aromatic carbocycles. The van der Waals surface area contributed by atoms with Gasteiger partial charge in [-0.05, 0) is 19.3 Å². The first-order chi connectivity index (χ1) is 8.63. The highest BCUT2D eigenvalue weighted by molar-refractivity contribution is 5.95. The van der Waals surface area contributed by atoms with Gasteiger partial charge in [0.25, 0.3) is 0 Å². The zero-order chi connectivity index (χ0) is 13.0. The maximum Gasteiger partial charge on any atom is 0.321 e. The van der Waals surface area contributed by atoms with Gasteiger partial charge in [-0.3, -0.25) is 15.0 Å². The molecule has 0 aromatic heterocycles. The van der Waals surface area contributed by atoms with Gasteiger partial charge in [-0.25, -0.2) is 4.79 Å². The van der Waals surface area contributed by atoms with Crippen LogP contribution in [0, 0.1) is 0 Å². The van der Waals surface area contributed by atoms with Crippen molar-refractivity contribution in [2.45, 2.75) is 44.2 Å². The van der Waals surface area contributed by atoms with Crippen molar-refractivity contribution < 1.29 is 14.7 Å². The van der Waals surface area contributed by atoms with Crippen LogP contribution < -0.4 is 10.6 Å². The number of nitrogens with one attached hydrogen (secondary N) is 2. The molecule has 1 atom stereocenters. The average Bonchev–Trinajstić information content (AvgIpc) is 2.90. The Morgan fingerprint density at radius 2 is 1.94 bits per heavy atom. The highest BCUT2D eigenvalue weighted by Gasteiger charge is 2.23. The summed E-state index contributed by atoms with van der Waals surface area (Å²) in [5.74, 6) is -0.306. The van der Waals surface area contributed by atoms with Gasteiger partial charge in [-0.1, -0.05) is 12.8 Å². The van der Waals surface area contributed by atoms with E-state index in [4.69, 9.17) is 0 Å². The average molecular weight is 255 g/mol. The number of rotatable bonds is 3. The summed E-state index contributed by atoms with van der Waals surface area (Å²) in [5.41, 5.74) is 0. The van der Waals surface area contributed by atoms with E-state index in [1.54, 1.807) is 0 Å². The molecule has 1 unspecified atom stereocenters. The van der Waals surface area contributed by atoms with Gasteiger partial charge in [0.05, 0.1) is 12.6 Å². The summed E-state index contributed by atoms with van der Waals surface area (Å²) in [6.07, 6.45) is 4.64. The van der Waals surface area contributed by atoms with Crippen molar-refractivity contribution >= 4 is 11.9 Å². The van der Waals surface area contributed by atoms with Crippen LogP contribution in [-0.2, 0) is 4.79 Å². The molecule has 2 aliphatic rings. The first-order valence-electron chi connectivity index (χ1n) is 6.64. The fourth-order valence-corrected chi connectivity index (χ4v) is 2.62. The third-order valence-electron chi connectivity index (χ3n) is 3.56. The number of hydrogen-bond donors (Lipinski definition) is 3. The first kappa shape index (κ1) is 13.3. The third-order valence-corrected chi connectivity index (χ3v) is 3.56. The smallest absolute Gasteiger partial charge is 0.321 e. The summed E-state index contributed by atoms with van der Waals surface area (Å²) < 4.78 is 0. The van der Waals surface area contributed by atoms with E-state index in [1.807, 2.05) is 4.90 Å². The van der Waals surface area contributed by atoms with Crippen LogP contribution in [0.3, 0.4) is 0 Å². The lowest BCUT2D eigenvalue weighted by Gasteiger charge is -2.15. The van der Waals surface area contributed by atoms with Crippen LogP contribution >= 0.6 is 0 Å². The van der Waals surface area contributed by atoms with Gasteiger partial charge in [-0.2, -0.15) is 0 Å². The van der Waals surface area contributed by atoms with Gasteiger partial charge >= 0.3 is 6.03 Å². The van der Waals surface area contributed by atoms with Gasteiger partial charge in [0, 0.05) is 19.1 Å². The summed E-state index contributed by atoms with van der Waals surface area (Å²) >= 11 is 0. The Hall–Kier alpha value is -1.14. The van der Waals surface area contributed by atoms with Crippen molar-refractivity contribution in [1.29, 1.82) is 0 Å². The Kier molecular flexibility index (Phi) is 4.54. The number of urea groups is 1. The van der Waals surface area contributed by atoms with E-state index in [0.29, 0.717) is 19.5 Å². The normalized spacial score (nSPS) is 25.3. The molecule has 2 fully saturated rings. The highest BCUT2D eigenvalue weighted by Crippen LogP contribution is 2.17. The monoisotopic (exact) mass is 255 g/mol. The van der Waals surface area contributed by atoms with Crippen LogP contribution in [0.2, 0.25) is 0 Å². The topological polar surface area (TPSA) is 81.7 Å². The number of carbonyl (C=O) groups excluding carboxylic acids is 2. The lowest BCUT2D eigenvalue weighted by atomic mass is 10.2. The molecule has 1 heterocycles. The predicted octanol–water partition coefficient (Wildman–Crippen LogP) is -0.179. The number of aliphatic hydroxyl groups excluding tert-OH is 1. The standard InChI is InChI=1S/C12H21N3O3/c16-10-5-6-15(7-10)8-11(17)14-12(18)13-9-3-1-2-4-9/h9-10,16H,1-8H2,(H2,13,14,17,18). The zero-order valence-electron chi connectivity index (χ0n) is 10.5. The van der Waals surface area contributed by atoms with Crippen LogP contribution in [-0.4, -0.2) is 53.7 Å². The molecule has 1 saturated heterocycles. The second-order valence-electron chi connectivity index (χ2n) is 5.18. The summed E-state index contributed by atoms with van der Waals surface area (Å²) in [5, 5.41) is 14.5. The molecular weight excluding hydrogens is 234 g/mol. The summed E-state index contributed by atoms with van der Waals surface area (Å²) in [4.78, 5) is 25.0. The Balaban J connectivity index is 1.65. The largest absolute Gasteiger partial charge is 0.392 e. The van der Waals surface area contributed by atoms with Gasteiger partial charge in [0.1, 0.15) is 0 Å². The van der Waals surface area contributed by atoms with E-state index in [1.165, 1.54) is 0 Å². The maximum absolute atomic E-state index is 11.6. The fraction of sp³-hybridized carbons (Fsp3) is 0.833. The molecule has 0 bridgehead atoms. The molecule has 0 radical (unpaired) electrons. The number of likely N-dealkylation sites (tertiary alicyclic amines) is 1. The lowest BCUT2D eigenvalue weighted by Crippen LogP contribution is -2.46. The maximum atomic E-state index is 11.6. The fourth-order valence-electron chi connectivity index (χ4n) is 2.62. The predicted molar refractivity (Wildman–Crippen MR) is 66.0 cm³/mol. The Morgan fingerprint density at radius 1 is 1.22 bits per heavy atom. The van der Waals surface area contributed by atoms with Crippen molar-refractivity contribution in [2.24, 2.45) is 0 Å². The molecule has 6 heteroatoms. The van der Waals surface area contributed by atoms with Crippen LogP contribution in [0.4, 0.5) is 4.79 Å². The summed E-state index contributed by atoms with van der Waals surface area (Å²) in [7, 11) is 0. The molecule has 1 aliphatic carbocycles. The molecular formula is C12H21N3O3. The zero-order valence-corrected chi connectivity index (χ0v) is 10.5. The number of imide groups is 1. The molecule has 6 nitrogen and oxygen atoms in total. The Bertz CT molecular complexity index is 316. The minimum Gasteiger partial charge on any atom is -0.392 e. The van der Waals surface area contributed by atoms with Crippen LogP contribution in [0.1, 0.15) is 32.1 Å². The second-order valence-corrected chi connectivity index (χ2v) is 5.18. The van der Waals surface area contributed by atoms with Crippen LogP contribution in [0.25, 0.3) is 0 Å². The number of amides is 3. The molecule has 0 spiro atoms. The highest BCUT2D eigenvalue weighted by atomic mass is 16.3. The molecule has 18 heavy (non-hydrogen) atoms. The minimum atomic E-state index is -0.397. The van der Waals surface area contributed by atoms with Crippen molar-refractivity contribution in [3.63, 3.8) is 0 Å². The molecule has 3 amide bonds. The van der Waals surface area contributed by atoms with E-state index in [0.717, 1.165) is 25.7 Å². The number of nitrogens with zero attached hydrogens (tertiary/aromatic N) is 1. The van der Waals surface area contributed by atoms with Gasteiger partial charge in [0.2, 0.25) is 5.91 Å². The van der Waals surface area contributed by atoms with E-state index in [9.17, 15) is 14.7 Å². The number of β-amino-alcohol motifs (C(OH)–C–C–N with tert-alkyl or cyclic N) is 1. The number of carbonyl (C=O) groups is 2. The number of aliphatic hydroxyl groups is 1. The van der Waals surface area contributed by atoms with E-state index < -0.39 is 6.03 Å². The van der Waals surface area contributed by atoms with E-state index in [-0.39, 0.29) is 24.6 Å².